The van der Waals surface area contributed by atoms with Crippen molar-refractivity contribution in [1.29, 1.82) is 5.26 Å². The van der Waals surface area contributed by atoms with E-state index in [1.807, 2.05) is 15.8 Å². The lowest BCUT2D eigenvalue weighted by atomic mass is 9.82. The standard InChI is InChI=1S/C32H38F3N9O2/c1-3-26-29(38-20-39-30(26)37-2)22-14-40-44(16-22)31(9-10-36)18-43(19-31)23-4-6-25(7-5-23)46-28-13-21(12-27(41-28)32(33,34)35)15-42-11-8-24(45)17-42/h3,12-14,16,20,23-25,45H,1,4-9,11,15,17-19H2,2H3,(H,37,38,39)/t23?,24-,25?/m0/s1. The van der Waals surface area contributed by atoms with Crippen molar-refractivity contribution in [2.45, 2.75) is 75.0 Å². The molecule has 6 rings (SSSR count). The van der Waals surface area contributed by atoms with Crippen molar-refractivity contribution >= 4 is 11.9 Å². The number of alkyl halides is 3. The molecule has 3 aliphatic rings. The lowest BCUT2D eigenvalue weighted by Crippen LogP contribution is -2.65. The highest BCUT2D eigenvalue weighted by Crippen LogP contribution is 2.39. The summed E-state index contributed by atoms with van der Waals surface area (Å²) in [6.45, 7) is 6.61. The number of nitriles is 1. The van der Waals surface area contributed by atoms with Crippen molar-refractivity contribution in [3.05, 3.63) is 54.3 Å². The van der Waals surface area contributed by atoms with Gasteiger partial charge in [-0.1, -0.05) is 12.7 Å². The number of likely N-dealkylation sites (tertiary alicyclic amines) is 2. The van der Waals surface area contributed by atoms with E-state index in [9.17, 15) is 23.5 Å². The Balaban J connectivity index is 1.08. The molecule has 1 saturated carbocycles. The molecule has 3 aromatic rings. The molecule has 2 saturated heterocycles. The van der Waals surface area contributed by atoms with Crippen LogP contribution in [0.5, 0.6) is 5.88 Å². The van der Waals surface area contributed by atoms with Crippen LogP contribution in [0.4, 0.5) is 19.0 Å². The van der Waals surface area contributed by atoms with Crippen molar-refractivity contribution in [1.82, 2.24) is 34.5 Å². The maximum absolute atomic E-state index is 13.7. The predicted octanol–water partition coefficient (Wildman–Crippen LogP) is 4.32. The normalized spacial score (nSPS) is 23.4. The summed E-state index contributed by atoms with van der Waals surface area (Å²) in [5.41, 5.74) is 1.34. The Morgan fingerprint density at radius 2 is 1.98 bits per heavy atom. The van der Waals surface area contributed by atoms with Gasteiger partial charge in [-0.25, -0.2) is 15.0 Å². The number of halogens is 3. The van der Waals surface area contributed by atoms with Crippen LogP contribution in [0.1, 0.15) is 55.3 Å². The molecule has 2 aliphatic heterocycles. The SMILES string of the molecule is C=Cc1c(NC)ncnc1-c1cnn(C2(CC#N)CN(C3CCC(Oc4cc(CN5CC[C@H](O)C5)cc(C(F)(F)F)n4)CC3)C2)c1. The highest BCUT2D eigenvalue weighted by Gasteiger charge is 2.48. The van der Waals surface area contributed by atoms with Crippen molar-refractivity contribution in [3.63, 3.8) is 0 Å². The van der Waals surface area contributed by atoms with Crippen molar-refractivity contribution in [2.24, 2.45) is 0 Å². The van der Waals surface area contributed by atoms with E-state index in [1.165, 1.54) is 6.33 Å². The predicted molar refractivity (Wildman–Crippen MR) is 164 cm³/mol. The van der Waals surface area contributed by atoms with Crippen LogP contribution in [0, 0.1) is 11.3 Å². The van der Waals surface area contributed by atoms with Gasteiger partial charge in [0.1, 0.15) is 29.5 Å². The van der Waals surface area contributed by atoms with E-state index in [0.29, 0.717) is 75.5 Å². The molecule has 3 fully saturated rings. The number of aliphatic hydroxyl groups is 1. The molecule has 14 heteroatoms. The van der Waals surface area contributed by atoms with Gasteiger partial charge in [-0.2, -0.15) is 23.5 Å². The first kappa shape index (κ1) is 31.9. The summed E-state index contributed by atoms with van der Waals surface area (Å²) in [6.07, 6.45) is 5.55. The number of β-amino-alcohol motifs (C(OH)–C–C–N with tert-alkyl or cyclic N) is 1. The Morgan fingerprint density at radius 3 is 2.63 bits per heavy atom. The maximum Gasteiger partial charge on any atom is 0.433 e. The molecular formula is C32H38F3N9O2. The van der Waals surface area contributed by atoms with E-state index in [2.05, 4.69) is 42.9 Å². The Bertz CT molecular complexity index is 1590. The number of nitrogens with zero attached hydrogens (tertiary/aromatic N) is 8. The van der Waals surface area contributed by atoms with Crippen LogP contribution in [0.15, 0.2) is 37.4 Å². The number of aromatic nitrogens is 5. The summed E-state index contributed by atoms with van der Waals surface area (Å²) >= 11 is 0. The molecule has 5 heterocycles. The molecule has 0 radical (unpaired) electrons. The lowest BCUT2D eigenvalue weighted by Gasteiger charge is -2.53. The number of aliphatic hydroxyl groups excluding tert-OH is 1. The Morgan fingerprint density at radius 1 is 1.20 bits per heavy atom. The third kappa shape index (κ3) is 6.58. The van der Waals surface area contributed by atoms with Gasteiger partial charge in [0.25, 0.3) is 0 Å². The number of pyridine rings is 1. The fourth-order valence-electron chi connectivity index (χ4n) is 6.94. The monoisotopic (exact) mass is 637 g/mol. The zero-order valence-electron chi connectivity index (χ0n) is 25.7. The van der Waals surface area contributed by atoms with Gasteiger partial charge >= 0.3 is 6.18 Å². The van der Waals surface area contributed by atoms with E-state index in [0.717, 1.165) is 30.0 Å². The Kier molecular flexibility index (Phi) is 9.00. The molecule has 1 atom stereocenters. The van der Waals surface area contributed by atoms with Crippen LogP contribution in [-0.2, 0) is 18.3 Å². The number of anilines is 1. The highest BCUT2D eigenvalue weighted by molar-refractivity contribution is 5.77. The molecule has 0 aromatic carbocycles. The smallest absolute Gasteiger partial charge is 0.433 e. The van der Waals surface area contributed by atoms with Gasteiger partial charge in [-0.05, 0) is 43.7 Å². The van der Waals surface area contributed by atoms with Gasteiger partial charge in [-0.15, -0.1) is 0 Å². The third-order valence-electron chi connectivity index (χ3n) is 9.32. The van der Waals surface area contributed by atoms with Crippen LogP contribution in [0.3, 0.4) is 0 Å². The Hall–Kier alpha value is -4.06. The van der Waals surface area contributed by atoms with Crippen LogP contribution in [0.25, 0.3) is 17.3 Å². The summed E-state index contributed by atoms with van der Waals surface area (Å²) in [4.78, 5) is 16.8. The number of rotatable bonds is 10. The minimum Gasteiger partial charge on any atom is -0.474 e. The van der Waals surface area contributed by atoms with Gasteiger partial charge in [0.05, 0.1) is 30.5 Å². The average molecular weight is 638 g/mol. The summed E-state index contributed by atoms with van der Waals surface area (Å²) < 4.78 is 48.9. The molecule has 46 heavy (non-hydrogen) atoms. The number of ether oxygens (including phenoxy) is 1. The van der Waals surface area contributed by atoms with Crippen molar-refractivity contribution in [3.8, 4) is 23.2 Å². The van der Waals surface area contributed by atoms with E-state index in [1.54, 1.807) is 25.4 Å². The first-order valence-corrected chi connectivity index (χ1v) is 15.6. The zero-order chi connectivity index (χ0) is 32.5. The molecule has 2 N–H and O–H groups in total. The van der Waals surface area contributed by atoms with Crippen molar-refractivity contribution < 1.29 is 23.0 Å². The molecule has 11 nitrogen and oxygen atoms in total. The number of nitrogens with one attached hydrogen (secondary N) is 1. The second-order valence-corrected chi connectivity index (χ2v) is 12.5. The molecule has 0 spiro atoms. The quantitative estimate of drug-likeness (QED) is 0.332. The molecule has 1 aliphatic carbocycles. The van der Waals surface area contributed by atoms with E-state index in [4.69, 9.17) is 4.74 Å². The Labute approximate surface area is 265 Å². The zero-order valence-corrected chi connectivity index (χ0v) is 25.7. The minimum absolute atomic E-state index is 0.00960. The first-order chi connectivity index (χ1) is 22.1. The summed E-state index contributed by atoms with van der Waals surface area (Å²) in [5, 5.41) is 27.2. The fourth-order valence-corrected chi connectivity index (χ4v) is 6.94. The molecule has 0 unspecified atom stereocenters. The van der Waals surface area contributed by atoms with Gasteiger partial charge in [-0.3, -0.25) is 14.5 Å². The minimum atomic E-state index is -4.59. The summed E-state index contributed by atoms with van der Waals surface area (Å²) in [6, 6.07) is 5.28. The van der Waals surface area contributed by atoms with Crippen molar-refractivity contribution in [2.75, 3.05) is 38.5 Å². The number of hydrogen-bond acceptors (Lipinski definition) is 10. The second kappa shape index (κ2) is 13.0. The first-order valence-electron chi connectivity index (χ1n) is 15.6. The topological polar surface area (TPSA) is 128 Å². The van der Waals surface area contributed by atoms with Gasteiger partial charge in [0.2, 0.25) is 5.88 Å². The molecule has 244 valence electrons. The van der Waals surface area contributed by atoms with E-state index < -0.39 is 23.5 Å². The third-order valence-corrected chi connectivity index (χ3v) is 9.32. The van der Waals surface area contributed by atoms with Gasteiger partial charge < -0.3 is 15.2 Å². The summed E-state index contributed by atoms with van der Waals surface area (Å²) in [5.74, 6) is 0.658. The molecular weight excluding hydrogens is 599 g/mol. The maximum atomic E-state index is 13.7. The molecule has 3 aromatic heterocycles. The van der Waals surface area contributed by atoms with Gasteiger partial charge in [0.15, 0.2) is 0 Å². The largest absolute Gasteiger partial charge is 0.474 e. The van der Waals surface area contributed by atoms with E-state index >= 15 is 0 Å². The van der Waals surface area contributed by atoms with Crippen LogP contribution in [-0.4, -0.2) is 91.1 Å². The molecule has 0 bridgehead atoms. The van der Waals surface area contributed by atoms with Gasteiger partial charge in [0, 0.05) is 69.2 Å². The molecule has 0 amide bonds. The fraction of sp³-hybridized carbons (Fsp3) is 0.531. The number of hydrogen-bond donors (Lipinski definition) is 2. The second-order valence-electron chi connectivity index (χ2n) is 12.5. The lowest BCUT2D eigenvalue weighted by molar-refractivity contribution is -0.141. The van der Waals surface area contributed by atoms with Crippen LogP contribution in [0.2, 0.25) is 0 Å². The van der Waals surface area contributed by atoms with E-state index in [-0.39, 0.29) is 18.0 Å². The summed E-state index contributed by atoms with van der Waals surface area (Å²) in [7, 11) is 1.79. The van der Waals surface area contributed by atoms with Crippen LogP contribution < -0.4 is 10.1 Å². The van der Waals surface area contributed by atoms with Crippen LogP contribution >= 0.6 is 0 Å². The highest BCUT2D eigenvalue weighted by atomic mass is 19.4. The average Bonchev–Trinajstić information content (AvgIpc) is 3.67.